The molecule has 4 rings (SSSR count). The molecule has 0 amide bonds. The van der Waals surface area contributed by atoms with Crippen molar-refractivity contribution >= 4 is 5.78 Å². The minimum Gasteiger partial charge on any atom is -0.390 e. The minimum atomic E-state index is -0.466. The van der Waals surface area contributed by atoms with Crippen molar-refractivity contribution in [3.63, 3.8) is 0 Å². The van der Waals surface area contributed by atoms with Crippen LogP contribution < -0.4 is 0 Å². The molecule has 0 heterocycles. The Labute approximate surface area is 147 Å². The van der Waals surface area contributed by atoms with Gasteiger partial charge in [-0.2, -0.15) is 0 Å². The molecule has 4 fully saturated rings. The highest BCUT2D eigenvalue weighted by Gasteiger charge is 2.63. The van der Waals surface area contributed by atoms with Crippen molar-refractivity contribution in [3.8, 4) is 0 Å². The van der Waals surface area contributed by atoms with E-state index in [1.807, 2.05) is 0 Å². The standard InChI is InChI=1S/C22H36O2/c1-14(23)15-7-10-20(2)16(13-15)5-6-17-18(20)8-11-21(3)19(17)9-12-22(21,4)24/h15-19,24H,5-13H2,1-4H3/t15-,16+,17+,18-,19-,20+,21+,22+/m1/s1. The predicted octanol–water partition coefficient (Wildman–Crippen LogP) is 4.99. The van der Waals surface area contributed by atoms with Crippen molar-refractivity contribution in [2.75, 3.05) is 0 Å². The third-order valence-corrected chi connectivity index (χ3v) is 9.80. The average Bonchev–Trinajstić information content (AvgIpc) is 2.76. The molecule has 136 valence electrons. The Morgan fingerprint density at radius 1 is 0.917 bits per heavy atom. The van der Waals surface area contributed by atoms with E-state index in [4.69, 9.17) is 0 Å². The lowest BCUT2D eigenvalue weighted by atomic mass is 9.44. The maximum Gasteiger partial charge on any atom is 0.132 e. The first-order chi connectivity index (χ1) is 11.2. The second-order valence-electron chi connectivity index (χ2n) is 10.5. The average molecular weight is 333 g/mol. The molecular weight excluding hydrogens is 296 g/mol. The SMILES string of the molecule is CC(=O)[C@@H]1CC[C@@]2(C)[C@@H](CC[C@H]3[C@H]2CC[C@@]2(C)[C@@H]3CC[C@]2(C)O)C1. The lowest BCUT2D eigenvalue weighted by Crippen LogP contribution is -2.56. The molecule has 0 aliphatic heterocycles. The zero-order valence-corrected chi connectivity index (χ0v) is 16.1. The molecule has 2 heteroatoms. The first-order valence-corrected chi connectivity index (χ1v) is 10.4. The second kappa shape index (κ2) is 5.32. The van der Waals surface area contributed by atoms with Crippen LogP contribution in [0, 0.1) is 40.4 Å². The normalized spacial score (nSPS) is 57.0. The van der Waals surface area contributed by atoms with Crippen molar-refractivity contribution in [1.29, 1.82) is 0 Å². The zero-order valence-electron chi connectivity index (χ0n) is 16.1. The second-order valence-corrected chi connectivity index (χ2v) is 10.5. The van der Waals surface area contributed by atoms with Crippen LogP contribution in [0.5, 0.6) is 0 Å². The van der Waals surface area contributed by atoms with Crippen molar-refractivity contribution in [1.82, 2.24) is 0 Å². The van der Waals surface area contributed by atoms with Crippen LogP contribution in [-0.4, -0.2) is 16.5 Å². The molecule has 0 saturated heterocycles. The van der Waals surface area contributed by atoms with Crippen LogP contribution in [-0.2, 0) is 4.79 Å². The Kier molecular flexibility index (Phi) is 3.78. The number of carbonyl (C=O) groups excluding carboxylic acids is 1. The fourth-order valence-corrected chi connectivity index (χ4v) is 7.87. The first kappa shape index (κ1) is 17.1. The lowest BCUT2D eigenvalue weighted by Gasteiger charge is -2.61. The van der Waals surface area contributed by atoms with E-state index < -0.39 is 5.60 Å². The summed E-state index contributed by atoms with van der Waals surface area (Å²) < 4.78 is 0. The number of rotatable bonds is 1. The van der Waals surface area contributed by atoms with Gasteiger partial charge in [0.1, 0.15) is 5.78 Å². The molecule has 0 aromatic rings. The van der Waals surface area contributed by atoms with Crippen molar-refractivity contribution < 1.29 is 9.90 Å². The summed E-state index contributed by atoms with van der Waals surface area (Å²) in [5.74, 6) is 3.87. The van der Waals surface area contributed by atoms with Gasteiger partial charge in [-0.3, -0.25) is 4.79 Å². The summed E-state index contributed by atoms with van der Waals surface area (Å²) in [7, 11) is 0. The van der Waals surface area contributed by atoms with Crippen LogP contribution in [0.1, 0.15) is 85.5 Å². The molecule has 0 aromatic heterocycles. The summed E-state index contributed by atoms with van der Waals surface area (Å²) in [5, 5.41) is 11.0. The summed E-state index contributed by atoms with van der Waals surface area (Å²) in [6.07, 6.45) is 10.9. The number of fused-ring (bicyclic) bond motifs is 5. The highest BCUT2D eigenvalue weighted by atomic mass is 16.3. The fraction of sp³-hybridized carbons (Fsp3) is 0.955. The maximum atomic E-state index is 11.9. The van der Waals surface area contributed by atoms with Gasteiger partial charge in [0.15, 0.2) is 0 Å². The van der Waals surface area contributed by atoms with Crippen LogP contribution in [0.2, 0.25) is 0 Å². The highest BCUT2D eigenvalue weighted by molar-refractivity contribution is 5.78. The number of Topliss-reactive ketones (excluding diaryl/α,β-unsaturated/α-hetero) is 1. The van der Waals surface area contributed by atoms with Crippen LogP contribution in [0.25, 0.3) is 0 Å². The maximum absolute atomic E-state index is 11.9. The van der Waals surface area contributed by atoms with Gasteiger partial charge >= 0.3 is 0 Å². The number of carbonyl (C=O) groups is 1. The quantitative estimate of drug-likeness (QED) is 0.735. The first-order valence-electron chi connectivity index (χ1n) is 10.4. The van der Waals surface area contributed by atoms with Gasteiger partial charge in [0.05, 0.1) is 5.60 Å². The lowest BCUT2D eigenvalue weighted by molar-refractivity contribution is -0.152. The third kappa shape index (κ3) is 2.14. The van der Waals surface area contributed by atoms with E-state index in [9.17, 15) is 9.90 Å². The molecule has 4 aliphatic carbocycles. The number of hydrogen-bond donors (Lipinski definition) is 1. The molecule has 4 aliphatic rings. The van der Waals surface area contributed by atoms with E-state index in [1.54, 1.807) is 6.92 Å². The molecule has 24 heavy (non-hydrogen) atoms. The number of aliphatic hydroxyl groups is 1. The smallest absolute Gasteiger partial charge is 0.132 e. The Hall–Kier alpha value is -0.370. The topological polar surface area (TPSA) is 37.3 Å². The highest BCUT2D eigenvalue weighted by Crippen LogP contribution is 2.68. The van der Waals surface area contributed by atoms with Gasteiger partial charge in [-0.15, -0.1) is 0 Å². The van der Waals surface area contributed by atoms with Crippen molar-refractivity contribution in [3.05, 3.63) is 0 Å². The van der Waals surface area contributed by atoms with Gasteiger partial charge in [0.2, 0.25) is 0 Å². The van der Waals surface area contributed by atoms with E-state index in [2.05, 4.69) is 20.8 Å². The van der Waals surface area contributed by atoms with Crippen molar-refractivity contribution in [2.24, 2.45) is 40.4 Å². The fourth-order valence-electron chi connectivity index (χ4n) is 7.87. The van der Waals surface area contributed by atoms with Crippen LogP contribution in [0.3, 0.4) is 0 Å². The molecule has 8 atom stereocenters. The van der Waals surface area contributed by atoms with Crippen LogP contribution in [0.4, 0.5) is 0 Å². The van der Waals surface area contributed by atoms with Gasteiger partial charge in [-0.1, -0.05) is 13.8 Å². The molecule has 1 N–H and O–H groups in total. The number of ketones is 1. The Bertz CT molecular complexity index is 538. The summed E-state index contributed by atoms with van der Waals surface area (Å²) in [5.41, 5.74) is 0.116. The Balaban J connectivity index is 1.60. The largest absolute Gasteiger partial charge is 0.390 e. The summed E-state index contributed by atoms with van der Waals surface area (Å²) in [6.45, 7) is 8.83. The van der Waals surface area contributed by atoms with Gasteiger partial charge in [0.25, 0.3) is 0 Å². The van der Waals surface area contributed by atoms with E-state index in [0.717, 1.165) is 42.9 Å². The number of hydrogen-bond acceptors (Lipinski definition) is 2. The molecular formula is C22H36O2. The molecule has 0 bridgehead atoms. The third-order valence-electron chi connectivity index (χ3n) is 9.80. The summed E-state index contributed by atoms with van der Waals surface area (Å²) >= 11 is 0. The molecule has 0 spiro atoms. The van der Waals surface area contributed by atoms with Gasteiger partial charge in [-0.05, 0) is 106 Å². The predicted molar refractivity (Wildman–Crippen MR) is 96.5 cm³/mol. The Morgan fingerprint density at radius 2 is 1.62 bits per heavy atom. The minimum absolute atomic E-state index is 0.133. The van der Waals surface area contributed by atoms with Crippen LogP contribution >= 0.6 is 0 Å². The zero-order chi connectivity index (χ0) is 17.3. The van der Waals surface area contributed by atoms with E-state index in [-0.39, 0.29) is 5.41 Å². The van der Waals surface area contributed by atoms with Gasteiger partial charge in [-0.25, -0.2) is 0 Å². The molecule has 2 nitrogen and oxygen atoms in total. The van der Waals surface area contributed by atoms with Crippen molar-refractivity contribution in [2.45, 2.75) is 91.1 Å². The van der Waals surface area contributed by atoms with E-state index >= 15 is 0 Å². The van der Waals surface area contributed by atoms with Gasteiger partial charge < -0.3 is 5.11 Å². The summed E-state index contributed by atoms with van der Waals surface area (Å²) in [4.78, 5) is 11.9. The molecule has 0 unspecified atom stereocenters. The van der Waals surface area contributed by atoms with Crippen LogP contribution in [0.15, 0.2) is 0 Å². The van der Waals surface area contributed by atoms with E-state index in [0.29, 0.717) is 17.1 Å². The molecule has 0 radical (unpaired) electrons. The van der Waals surface area contributed by atoms with Gasteiger partial charge in [0, 0.05) is 5.92 Å². The molecule has 4 saturated carbocycles. The molecule has 0 aromatic carbocycles. The Morgan fingerprint density at radius 3 is 2.33 bits per heavy atom. The monoisotopic (exact) mass is 332 g/mol. The summed E-state index contributed by atoms with van der Waals surface area (Å²) in [6, 6.07) is 0. The van der Waals surface area contributed by atoms with E-state index in [1.165, 1.54) is 38.5 Å².